The molecular formula is C8H9FN2O. The normalized spacial score (nSPS) is 12.5. The van der Waals surface area contributed by atoms with Crippen LogP contribution in [0.25, 0.3) is 0 Å². The largest absolute Gasteiger partial charge is 0.368 e. The van der Waals surface area contributed by atoms with Gasteiger partial charge in [-0.1, -0.05) is 18.2 Å². The molecule has 1 rings (SSSR count). The molecule has 0 aliphatic carbocycles. The lowest BCUT2D eigenvalue weighted by molar-refractivity contribution is -0.119. The second-order valence-corrected chi connectivity index (χ2v) is 2.40. The third kappa shape index (κ3) is 1.60. The number of rotatable bonds is 2. The van der Waals surface area contributed by atoms with Crippen LogP contribution in [0.15, 0.2) is 24.3 Å². The van der Waals surface area contributed by atoms with E-state index in [0.29, 0.717) is 0 Å². The van der Waals surface area contributed by atoms with Crippen LogP contribution in [-0.2, 0) is 4.79 Å². The summed E-state index contributed by atoms with van der Waals surface area (Å²) in [6.07, 6.45) is 0. The molecule has 0 saturated carbocycles. The topological polar surface area (TPSA) is 69.1 Å². The molecule has 12 heavy (non-hydrogen) atoms. The van der Waals surface area contributed by atoms with Gasteiger partial charge in [0.1, 0.15) is 11.9 Å². The van der Waals surface area contributed by atoms with E-state index in [9.17, 15) is 9.18 Å². The minimum absolute atomic E-state index is 0.130. The van der Waals surface area contributed by atoms with Gasteiger partial charge in [0.15, 0.2) is 0 Å². The van der Waals surface area contributed by atoms with E-state index < -0.39 is 17.8 Å². The minimum atomic E-state index is -1.06. The van der Waals surface area contributed by atoms with Crippen molar-refractivity contribution in [1.82, 2.24) is 0 Å². The molecule has 4 N–H and O–H groups in total. The molecule has 0 aliphatic rings. The van der Waals surface area contributed by atoms with Crippen molar-refractivity contribution in [2.75, 3.05) is 0 Å². The molecule has 0 aromatic heterocycles. The summed E-state index contributed by atoms with van der Waals surface area (Å²) in [4.78, 5) is 10.6. The summed E-state index contributed by atoms with van der Waals surface area (Å²) in [5, 5.41) is 0. The van der Waals surface area contributed by atoms with Crippen molar-refractivity contribution >= 4 is 5.91 Å². The maximum Gasteiger partial charge on any atom is 0.239 e. The first-order chi connectivity index (χ1) is 5.63. The molecule has 0 heterocycles. The minimum Gasteiger partial charge on any atom is -0.368 e. The van der Waals surface area contributed by atoms with Gasteiger partial charge in [-0.3, -0.25) is 4.79 Å². The first-order valence-corrected chi connectivity index (χ1v) is 3.42. The highest BCUT2D eigenvalue weighted by molar-refractivity contribution is 5.81. The van der Waals surface area contributed by atoms with Gasteiger partial charge in [-0.05, 0) is 6.07 Å². The predicted molar refractivity (Wildman–Crippen MR) is 42.5 cm³/mol. The van der Waals surface area contributed by atoms with Crippen molar-refractivity contribution in [3.63, 3.8) is 0 Å². The molecule has 0 fully saturated rings. The highest BCUT2D eigenvalue weighted by atomic mass is 19.1. The van der Waals surface area contributed by atoms with Gasteiger partial charge in [0.25, 0.3) is 0 Å². The van der Waals surface area contributed by atoms with E-state index in [1.165, 1.54) is 18.2 Å². The molecule has 1 aromatic carbocycles. The van der Waals surface area contributed by atoms with E-state index >= 15 is 0 Å². The number of benzene rings is 1. The number of amides is 1. The third-order valence-electron chi connectivity index (χ3n) is 1.55. The standard InChI is InChI=1S/C8H9FN2O/c9-6-4-2-1-3-5(6)7(10)8(11)12/h1-4,7H,10H2,(H2,11,12)/t7-/m1/s1. The van der Waals surface area contributed by atoms with Crippen LogP contribution in [0, 0.1) is 5.82 Å². The Kier molecular flexibility index (Phi) is 2.40. The van der Waals surface area contributed by atoms with Crippen LogP contribution in [0.4, 0.5) is 4.39 Å². The Morgan fingerprint density at radius 1 is 1.42 bits per heavy atom. The van der Waals surface area contributed by atoms with Crippen LogP contribution in [-0.4, -0.2) is 5.91 Å². The number of carbonyl (C=O) groups is 1. The van der Waals surface area contributed by atoms with Gasteiger partial charge in [-0.15, -0.1) is 0 Å². The molecule has 0 radical (unpaired) electrons. The van der Waals surface area contributed by atoms with E-state index in [4.69, 9.17) is 11.5 Å². The SMILES string of the molecule is NC(=O)[C@H](N)c1ccccc1F. The van der Waals surface area contributed by atoms with E-state index in [-0.39, 0.29) is 5.56 Å². The molecule has 0 saturated heterocycles. The van der Waals surface area contributed by atoms with Crippen LogP contribution >= 0.6 is 0 Å². The van der Waals surface area contributed by atoms with Gasteiger partial charge in [-0.2, -0.15) is 0 Å². The quantitative estimate of drug-likeness (QED) is 0.667. The van der Waals surface area contributed by atoms with Crippen LogP contribution in [0.5, 0.6) is 0 Å². The third-order valence-corrected chi connectivity index (χ3v) is 1.55. The molecule has 1 amide bonds. The summed E-state index contributed by atoms with van der Waals surface area (Å²) in [5.41, 5.74) is 10.4. The summed E-state index contributed by atoms with van der Waals surface area (Å²) in [6.45, 7) is 0. The molecule has 4 heteroatoms. The highest BCUT2D eigenvalue weighted by Crippen LogP contribution is 2.13. The Morgan fingerprint density at radius 3 is 2.50 bits per heavy atom. The van der Waals surface area contributed by atoms with Crippen LogP contribution < -0.4 is 11.5 Å². The smallest absolute Gasteiger partial charge is 0.239 e. The van der Waals surface area contributed by atoms with Crippen molar-refractivity contribution in [2.24, 2.45) is 11.5 Å². The Labute approximate surface area is 69.2 Å². The average molecular weight is 168 g/mol. The molecular weight excluding hydrogens is 159 g/mol. The number of halogens is 1. The van der Waals surface area contributed by atoms with Crippen LogP contribution in [0.1, 0.15) is 11.6 Å². The van der Waals surface area contributed by atoms with Gasteiger partial charge in [0.05, 0.1) is 0 Å². The Balaban J connectivity index is 3.02. The maximum absolute atomic E-state index is 12.9. The van der Waals surface area contributed by atoms with Gasteiger partial charge >= 0.3 is 0 Å². The van der Waals surface area contributed by atoms with E-state index in [0.717, 1.165) is 0 Å². The summed E-state index contributed by atoms with van der Waals surface area (Å²) < 4.78 is 12.9. The van der Waals surface area contributed by atoms with Crippen molar-refractivity contribution in [3.05, 3.63) is 35.6 Å². The van der Waals surface area contributed by atoms with Crippen molar-refractivity contribution in [2.45, 2.75) is 6.04 Å². The maximum atomic E-state index is 12.9. The Bertz CT molecular complexity index is 301. The summed E-state index contributed by atoms with van der Waals surface area (Å²) >= 11 is 0. The fraction of sp³-hybridized carbons (Fsp3) is 0.125. The average Bonchev–Trinajstić information content (AvgIpc) is 2.04. The number of primary amides is 1. The molecule has 0 unspecified atom stereocenters. The zero-order valence-corrected chi connectivity index (χ0v) is 6.33. The van der Waals surface area contributed by atoms with Gasteiger partial charge in [0.2, 0.25) is 5.91 Å². The van der Waals surface area contributed by atoms with Gasteiger partial charge in [0, 0.05) is 5.56 Å². The van der Waals surface area contributed by atoms with Crippen molar-refractivity contribution in [3.8, 4) is 0 Å². The molecule has 0 spiro atoms. The summed E-state index contributed by atoms with van der Waals surface area (Å²) in [5.74, 6) is -1.25. The molecule has 1 atom stereocenters. The second kappa shape index (κ2) is 3.32. The molecule has 1 aromatic rings. The molecule has 3 nitrogen and oxygen atoms in total. The van der Waals surface area contributed by atoms with Crippen LogP contribution in [0.2, 0.25) is 0 Å². The molecule has 0 bridgehead atoms. The molecule has 64 valence electrons. The fourth-order valence-corrected chi connectivity index (χ4v) is 0.881. The summed E-state index contributed by atoms with van der Waals surface area (Å²) in [7, 11) is 0. The van der Waals surface area contributed by atoms with Crippen LogP contribution in [0.3, 0.4) is 0 Å². The lowest BCUT2D eigenvalue weighted by Crippen LogP contribution is -2.28. The molecule has 0 aliphatic heterocycles. The number of carbonyl (C=O) groups excluding carboxylic acids is 1. The van der Waals surface area contributed by atoms with Gasteiger partial charge in [-0.25, -0.2) is 4.39 Å². The van der Waals surface area contributed by atoms with E-state index in [1.807, 2.05) is 0 Å². The fourth-order valence-electron chi connectivity index (χ4n) is 0.881. The zero-order chi connectivity index (χ0) is 9.14. The lowest BCUT2D eigenvalue weighted by Gasteiger charge is -2.07. The first kappa shape index (κ1) is 8.67. The monoisotopic (exact) mass is 168 g/mol. The number of hydrogen-bond donors (Lipinski definition) is 2. The zero-order valence-electron chi connectivity index (χ0n) is 6.33. The van der Waals surface area contributed by atoms with Gasteiger partial charge < -0.3 is 11.5 Å². The Morgan fingerprint density at radius 2 is 2.00 bits per heavy atom. The second-order valence-electron chi connectivity index (χ2n) is 2.40. The van der Waals surface area contributed by atoms with Crippen molar-refractivity contribution in [1.29, 1.82) is 0 Å². The lowest BCUT2D eigenvalue weighted by atomic mass is 10.1. The highest BCUT2D eigenvalue weighted by Gasteiger charge is 2.15. The van der Waals surface area contributed by atoms with E-state index in [2.05, 4.69) is 0 Å². The van der Waals surface area contributed by atoms with E-state index in [1.54, 1.807) is 6.07 Å². The predicted octanol–water partition coefficient (Wildman–Crippen LogP) is 0.311. The number of hydrogen-bond acceptors (Lipinski definition) is 2. The number of nitrogens with two attached hydrogens (primary N) is 2. The first-order valence-electron chi connectivity index (χ1n) is 3.42. The van der Waals surface area contributed by atoms with Crippen molar-refractivity contribution < 1.29 is 9.18 Å². The summed E-state index contributed by atoms with van der Waals surface area (Å²) in [6, 6.07) is 4.72. The Hall–Kier alpha value is -1.42.